The number of carbonyl (C=O) groups excluding carboxylic acids is 1. The van der Waals surface area contributed by atoms with Crippen LogP contribution in [0.2, 0.25) is 0 Å². The van der Waals surface area contributed by atoms with Gasteiger partial charge in [0.1, 0.15) is 0 Å². The van der Waals surface area contributed by atoms with Crippen molar-refractivity contribution in [2.45, 2.75) is 50.0 Å². The second kappa shape index (κ2) is 9.67. The van der Waals surface area contributed by atoms with Gasteiger partial charge in [-0.25, -0.2) is 22.5 Å². The maximum Gasteiger partial charge on any atom is 0.586 e. The number of fused-ring (bicyclic) bond motifs is 2. The Bertz CT molecular complexity index is 1440. The van der Waals surface area contributed by atoms with Crippen molar-refractivity contribution in [3.05, 3.63) is 45.9 Å². The summed E-state index contributed by atoms with van der Waals surface area (Å²) in [7, 11) is 0. The smallest absolute Gasteiger partial charge is 0.395 e. The van der Waals surface area contributed by atoms with Crippen molar-refractivity contribution in [3.63, 3.8) is 0 Å². The third-order valence-corrected chi connectivity index (χ3v) is 7.65. The van der Waals surface area contributed by atoms with Crippen LogP contribution < -0.4 is 26.1 Å². The Morgan fingerprint density at radius 1 is 1.23 bits per heavy atom. The molecule has 4 heterocycles. The molecule has 5 rings (SSSR count). The van der Waals surface area contributed by atoms with Crippen LogP contribution in [0.3, 0.4) is 0 Å². The van der Waals surface area contributed by atoms with Crippen LogP contribution in [0.5, 0.6) is 11.5 Å². The number of nitrogens with zero attached hydrogens (tertiary/aromatic N) is 2. The number of hydrogen-bond donors (Lipinski definition) is 3. The minimum atomic E-state index is -3.78. The van der Waals surface area contributed by atoms with Gasteiger partial charge < -0.3 is 25.5 Å². The Balaban J connectivity index is 1.32. The van der Waals surface area contributed by atoms with Crippen molar-refractivity contribution in [1.29, 1.82) is 0 Å². The molecule has 2 aliphatic heterocycles. The molecule has 2 aliphatic rings. The molecule has 0 spiro atoms. The number of alkyl halides is 6. The Morgan fingerprint density at radius 2 is 1.92 bits per heavy atom. The van der Waals surface area contributed by atoms with Crippen LogP contribution in [0.1, 0.15) is 36.4 Å². The number of nitrogens with one attached hydrogen (secondary N) is 2. The van der Waals surface area contributed by atoms with E-state index in [1.54, 1.807) is 0 Å². The molecule has 0 aliphatic carbocycles. The van der Waals surface area contributed by atoms with Crippen LogP contribution in [-0.2, 0) is 4.79 Å². The first-order valence-electron chi connectivity index (χ1n) is 11.6. The number of rotatable bonds is 6. The summed E-state index contributed by atoms with van der Waals surface area (Å²) >= 11 is 0.992. The molecule has 3 aromatic rings. The van der Waals surface area contributed by atoms with Gasteiger partial charge >= 0.3 is 6.29 Å². The maximum atomic E-state index is 14.9. The minimum absolute atomic E-state index is 0.0859. The van der Waals surface area contributed by atoms with Gasteiger partial charge in [-0.1, -0.05) is 11.3 Å². The molecule has 3 atom stereocenters. The number of aromatic nitrogens is 2. The standard InChI is InChI=1S/C23H21F6N5O4S/c1-9(19(35)33-21-32-13-5-14-15(6-16(13)39-21)38-23(28,29)37-14)34-3-2-22(26,27)12(8-34)10-4-11(17(30)18(24)25)20(36)31-7-10/h4-7,9,12,17-18H,2-3,8,30H2,1H3,(H,31,36)(H,32,33,35)/t9-,12+,17+/m0/s1. The van der Waals surface area contributed by atoms with Crippen molar-refractivity contribution >= 4 is 32.6 Å². The highest BCUT2D eigenvalue weighted by atomic mass is 32.1. The fourth-order valence-corrected chi connectivity index (χ4v) is 5.41. The number of pyridine rings is 1. The lowest BCUT2D eigenvalue weighted by atomic mass is 9.86. The van der Waals surface area contributed by atoms with Gasteiger partial charge in [0.05, 0.1) is 28.2 Å². The number of likely N-dealkylation sites (tertiary alicyclic amines) is 1. The number of nitrogens with two attached hydrogens (primary N) is 1. The number of thiazole rings is 1. The van der Waals surface area contributed by atoms with E-state index in [0.29, 0.717) is 4.70 Å². The van der Waals surface area contributed by atoms with Crippen LogP contribution in [0.15, 0.2) is 29.2 Å². The van der Waals surface area contributed by atoms with E-state index in [1.165, 1.54) is 24.0 Å². The molecule has 2 aromatic heterocycles. The van der Waals surface area contributed by atoms with Crippen molar-refractivity contribution in [1.82, 2.24) is 14.9 Å². The first kappa shape index (κ1) is 27.2. The maximum absolute atomic E-state index is 14.9. The van der Waals surface area contributed by atoms with Crippen LogP contribution in [-0.4, -0.2) is 58.5 Å². The zero-order valence-corrected chi connectivity index (χ0v) is 20.8. The van der Waals surface area contributed by atoms with E-state index in [-0.39, 0.29) is 40.8 Å². The molecule has 1 amide bonds. The lowest BCUT2D eigenvalue weighted by Gasteiger charge is -2.40. The van der Waals surface area contributed by atoms with E-state index in [9.17, 15) is 35.9 Å². The summed E-state index contributed by atoms with van der Waals surface area (Å²) < 4.78 is 91.8. The van der Waals surface area contributed by atoms with Crippen molar-refractivity contribution < 1.29 is 40.6 Å². The van der Waals surface area contributed by atoms with Crippen molar-refractivity contribution in [2.24, 2.45) is 5.73 Å². The van der Waals surface area contributed by atoms with E-state index in [0.717, 1.165) is 23.6 Å². The Labute approximate surface area is 219 Å². The van der Waals surface area contributed by atoms with Crippen LogP contribution >= 0.6 is 11.3 Å². The molecule has 4 N–H and O–H groups in total. The number of piperidine rings is 1. The minimum Gasteiger partial charge on any atom is -0.395 e. The molecule has 39 heavy (non-hydrogen) atoms. The fourth-order valence-electron chi connectivity index (χ4n) is 4.53. The van der Waals surface area contributed by atoms with Gasteiger partial charge in [0.15, 0.2) is 16.6 Å². The predicted molar refractivity (Wildman–Crippen MR) is 128 cm³/mol. The van der Waals surface area contributed by atoms with Crippen molar-refractivity contribution in [2.75, 3.05) is 18.4 Å². The summed E-state index contributed by atoms with van der Waals surface area (Å²) in [6.07, 6.45) is -6.44. The van der Waals surface area contributed by atoms with Gasteiger partial charge in [0, 0.05) is 43.4 Å². The quantitative estimate of drug-likeness (QED) is 0.379. The number of carbonyl (C=O) groups is 1. The molecule has 9 nitrogen and oxygen atoms in total. The average molecular weight is 578 g/mol. The average Bonchev–Trinajstić information content (AvgIpc) is 3.38. The van der Waals surface area contributed by atoms with Crippen LogP contribution in [0.25, 0.3) is 10.2 Å². The lowest BCUT2D eigenvalue weighted by Crippen LogP contribution is -2.52. The lowest BCUT2D eigenvalue weighted by molar-refractivity contribution is -0.286. The van der Waals surface area contributed by atoms with Gasteiger partial charge in [-0.3, -0.25) is 14.5 Å². The zero-order chi connectivity index (χ0) is 28.3. The molecule has 16 heteroatoms. The molecule has 0 radical (unpaired) electrons. The molecule has 210 valence electrons. The number of hydrogen-bond acceptors (Lipinski definition) is 8. The van der Waals surface area contributed by atoms with Gasteiger partial charge in [0.25, 0.3) is 17.9 Å². The van der Waals surface area contributed by atoms with Crippen molar-refractivity contribution in [3.8, 4) is 11.5 Å². The third kappa shape index (κ3) is 5.27. The molecule has 0 bridgehead atoms. The number of anilines is 1. The molecule has 1 fully saturated rings. The summed E-state index contributed by atoms with van der Waals surface area (Å²) in [5, 5.41) is 2.74. The van der Waals surface area contributed by atoms with E-state index in [4.69, 9.17) is 5.73 Å². The third-order valence-electron chi connectivity index (χ3n) is 6.72. The van der Waals surface area contributed by atoms with E-state index < -0.39 is 60.1 Å². The zero-order valence-electron chi connectivity index (χ0n) is 20.0. The first-order chi connectivity index (χ1) is 18.2. The highest BCUT2D eigenvalue weighted by molar-refractivity contribution is 7.22. The predicted octanol–water partition coefficient (Wildman–Crippen LogP) is 4.02. The van der Waals surface area contributed by atoms with Crippen LogP contribution in [0, 0.1) is 0 Å². The van der Waals surface area contributed by atoms with Gasteiger partial charge in [0.2, 0.25) is 5.91 Å². The summed E-state index contributed by atoms with van der Waals surface area (Å²) in [4.78, 5) is 32.9. The molecular weight excluding hydrogens is 556 g/mol. The van der Waals surface area contributed by atoms with Gasteiger partial charge in [-0.2, -0.15) is 0 Å². The number of amides is 1. The molecule has 0 saturated carbocycles. The second-order valence-electron chi connectivity index (χ2n) is 9.25. The monoisotopic (exact) mass is 577 g/mol. The number of ether oxygens (including phenoxy) is 2. The second-order valence-corrected chi connectivity index (χ2v) is 10.3. The first-order valence-corrected chi connectivity index (χ1v) is 12.4. The highest BCUT2D eigenvalue weighted by Gasteiger charge is 2.47. The summed E-state index contributed by atoms with van der Waals surface area (Å²) in [5.74, 6) is -5.70. The largest absolute Gasteiger partial charge is 0.586 e. The fraction of sp³-hybridized carbons (Fsp3) is 0.435. The normalized spacial score (nSPS) is 21.7. The number of H-pyrrole nitrogens is 1. The Kier molecular flexibility index (Phi) is 6.75. The van der Waals surface area contributed by atoms with Gasteiger partial charge in [-0.05, 0) is 18.6 Å². The van der Waals surface area contributed by atoms with E-state index in [1.807, 2.05) is 0 Å². The Morgan fingerprint density at radius 3 is 2.62 bits per heavy atom. The van der Waals surface area contributed by atoms with E-state index in [2.05, 4.69) is 24.8 Å². The molecular formula is C23H21F6N5O4S. The summed E-state index contributed by atoms with van der Waals surface area (Å²) in [6.45, 7) is 1.05. The molecule has 1 saturated heterocycles. The Hall–Kier alpha value is -3.37. The molecule has 0 unspecified atom stereocenters. The highest BCUT2D eigenvalue weighted by Crippen LogP contribution is 2.45. The number of aromatic amines is 1. The van der Waals surface area contributed by atoms with Crippen LogP contribution in [0.4, 0.5) is 31.5 Å². The van der Waals surface area contributed by atoms with Gasteiger partial charge in [-0.15, -0.1) is 8.78 Å². The van der Waals surface area contributed by atoms with E-state index >= 15 is 0 Å². The number of halogens is 6. The summed E-state index contributed by atoms with van der Waals surface area (Å²) in [5.41, 5.74) is 4.17. The summed E-state index contributed by atoms with van der Waals surface area (Å²) in [6, 6.07) is 0.659. The molecule has 1 aromatic carbocycles. The SMILES string of the molecule is C[C@@H](C(=O)Nc1nc2cc3c(cc2s1)OC(F)(F)O3)N1CCC(F)(F)[C@@H](c2c[nH]c(=O)c([C@@H](N)C(F)F)c2)C1. The number of benzene rings is 1. The topological polar surface area (TPSA) is 123 Å².